The predicted molar refractivity (Wildman–Crippen MR) is 127 cm³/mol. The molecule has 156 valence electrons. The van der Waals surface area contributed by atoms with Crippen LogP contribution in [0.2, 0.25) is 5.02 Å². The van der Waals surface area contributed by atoms with E-state index >= 15 is 0 Å². The van der Waals surface area contributed by atoms with E-state index in [-0.39, 0.29) is 18.2 Å². The molecule has 4 rings (SSSR count). The summed E-state index contributed by atoms with van der Waals surface area (Å²) in [5, 5.41) is 17.2. The Hall–Kier alpha value is -3.64. The number of benzodiazepines with no additional fused rings is 1. The third-order valence-corrected chi connectivity index (χ3v) is 5.21. The third-order valence-electron chi connectivity index (χ3n) is 4.96. The smallest absolute Gasteiger partial charge is 0.128 e. The summed E-state index contributed by atoms with van der Waals surface area (Å²) in [6.45, 7) is 2.23. The zero-order valence-electron chi connectivity index (χ0n) is 17.0. The van der Waals surface area contributed by atoms with Crippen LogP contribution in [0.5, 0.6) is 5.75 Å². The van der Waals surface area contributed by atoms with Gasteiger partial charge in [0.05, 0.1) is 17.9 Å². The molecule has 0 radical (unpaired) electrons. The maximum Gasteiger partial charge on any atom is 0.128 e. The maximum absolute atomic E-state index is 8.41. The van der Waals surface area contributed by atoms with Crippen molar-refractivity contribution in [2.24, 2.45) is 4.99 Å². The first-order valence-corrected chi connectivity index (χ1v) is 10.1. The van der Waals surface area contributed by atoms with Gasteiger partial charge in [-0.3, -0.25) is 20.7 Å². The van der Waals surface area contributed by atoms with Crippen LogP contribution in [0, 0.1) is 10.8 Å². The van der Waals surface area contributed by atoms with Gasteiger partial charge in [0.15, 0.2) is 0 Å². The highest BCUT2D eigenvalue weighted by molar-refractivity contribution is 6.31. The lowest BCUT2D eigenvalue weighted by atomic mass is 9.99. The fourth-order valence-corrected chi connectivity index (χ4v) is 3.59. The van der Waals surface area contributed by atoms with Crippen molar-refractivity contribution < 1.29 is 4.74 Å². The number of hydrogen-bond donors (Lipinski definition) is 3. The minimum atomic E-state index is 0.171. The highest BCUT2D eigenvalue weighted by Crippen LogP contribution is 2.31. The van der Waals surface area contributed by atoms with Gasteiger partial charge >= 0.3 is 0 Å². The Morgan fingerprint density at radius 1 is 1.10 bits per heavy atom. The fourth-order valence-electron chi connectivity index (χ4n) is 3.46. The Morgan fingerprint density at radius 3 is 2.48 bits per heavy atom. The number of nitrogens with zero attached hydrogens (tertiary/aromatic N) is 2. The van der Waals surface area contributed by atoms with Gasteiger partial charge in [-0.05, 0) is 55.0 Å². The van der Waals surface area contributed by atoms with E-state index in [2.05, 4.69) is 4.99 Å². The SMILES string of the molecule is CC(=N)N1C(=N)CN=C(c2ccc(Cl)cc2)c2cc(OCc3ccc(N)cc3)ccc21. The summed E-state index contributed by atoms with van der Waals surface area (Å²) in [5.41, 5.74) is 10.6. The van der Waals surface area contributed by atoms with Crippen molar-refractivity contribution in [2.75, 3.05) is 17.2 Å². The van der Waals surface area contributed by atoms with E-state index in [1.807, 2.05) is 66.7 Å². The molecule has 0 saturated carbocycles. The molecule has 1 heterocycles. The van der Waals surface area contributed by atoms with E-state index in [1.165, 1.54) is 0 Å². The Kier molecular flexibility index (Phi) is 5.73. The molecule has 0 spiro atoms. The van der Waals surface area contributed by atoms with E-state index < -0.39 is 0 Å². The molecule has 0 saturated heterocycles. The van der Waals surface area contributed by atoms with Gasteiger partial charge in [-0.2, -0.15) is 0 Å². The second-order valence-corrected chi connectivity index (χ2v) is 7.68. The Labute approximate surface area is 186 Å². The Bertz CT molecular complexity index is 1170. The molecule has 0 fully saturated rings. The predicted octanol–water partition coefficient (Wildman–Crippen LogP) is 5.13. The summed E-state index contributed by atoms with van der Waals surface area (Å²) in [6.07, 6.45) is 0. The van der Waals surface area contributed by atoms with E-state index in [0.717, 1.165) is 28.1 Å². The lowest BCUT2D eigenvalue weighted by molar-refractivity contribution is 0.306. The van der Waals surface area contributed by atoms with Crippen LogP contribution in [0.25, 0.3) is 0 Å². The van der Waals surface area contributed by atoms with Crippen LogP contribution in [-0.4, -0.2) is 23.9 Å². The number of fused-ring (bicyclic) bond motifs is 1. The van der Waals surface area contributed by atoms with E-state index in [9.17, 15) is 0 Å². The summed E-state index contributed by atoms with van der Waals surface area (Å²) in [4.78, 5) is 6.29. The first-order valence-electron chi connectivity index (χ1n) is 9.77. The van der Waals surface area contributed by atoms with Gasteiger partial charge in [-0.15, -0.1) is 0 Å². The molecule has 0 atom stereocenters. The first-order chi connectivity index (χ1) is 14.9. The highest BCUT2D eigenvalue weighted by atomic mass is 35.5. The molecule has 31 heavy (non-hydrogen) atoms. The normalized spacial score (nSPS) is 13.3. The second-order valence-electron chi connectivity index (χ2n) is 7.25. The average Bonchev–Trinajstić information content (AvgIpc) is 2.90. The number of amidine groups is 2. The fraction of sp³-hybridized carbons (Fsp3) is 0.125. The zero-order chi connectivity index (χ0) is 22.0. The molecule has 3 aromatic rings. The third kappa shape index (κ3) is 4.44. The molecule has 0 amide bonds. The van der Waals surface area contributed by atoms with Crippen molar-refractivity contribution >= 4 is 40.4 Å². The monoisotopic (exact) mass is 431 g/mol. The molecule has 1 aliphatic rings. The van der Waals surface area contributed by atoms with Gasteiger partial charge in [0, 0.05) is 21.8 Å². The number of nitrogen functional groups attached to an aromatic ring is 1. The topological polar surface area (TPSA) is 98.5 Å². The Balaban J connectivity index is 1.74. The number of rotatable bonds is 4. The van der Waals surface area contributed by atoms with Crippen molar-refractivity contribution in [3.63, 3.8) is 0 Å². The lowest BCUT2D eigenvalue weighted by Gasteiger charge is -2.24. The van der Waals surface area contributed by atoms with Gasteiger partial charge in [0.25, 0.3) is 0 Å². The van der Waals surface area contributed by atoms with Crippen molar-refractivity contribution in [3.05, 3.63) is 88.4 Å². The maximum atomic E-state index is 8.41. The number of nitrogens with one attached hydrogen (secondary N) is 2. The van der Waals surface area contributed by atoms with Crippen LogP contribution in [0.3, 0.4) is 0 Å². The van der Waals surface area contributed by atoms with Crippen LogP contribution in [0.4, 0.5) is 11.4 Å². The van der Waals surface area contributed by atoms with E-state index in [0.29, 0.717) is 23.1 Å². The van der Waals surface area contributed by atoms with Crippen molar-refractivity contribution in [1.82, 2.24) is 0 Å². The summed E-state index contributed by atoms with van der Waals surface area (Å²) < 4.78 is 6.02. The number of benzene rings is 3. The van der Waals surface area contributed by atoms with Crippen LogP contribution in [-0.2, 0) is 6.61 Å². The number of halogens is 1. The quantitative estimate of drug-likeness (QED) is 0.303. The summed E-state index contributed by atoms with van der Waals surface area (Å²) in [5.74, 6) is 1.18. The van der Waals surface area contributed by atoms with Gasteiger partial charge < -0.3 is 10.5 Å². The summed E-state index contributed by atoms with van der Waals surface area (Å²) in [6, 6.07) is 20.6. The van der Waals surface area contributed by atoms with Crippen molar-refractivity contribution in [1.29, 1.82) is 10.8 Å². The van der Waals surface area contributed by atoms with Crippen LogP contribution in [0.15, 0.2) is 71.7 Å². The summed E-state index contributed by atoms with van der Waals surface area (Å²) in [7, 11) is 0. The molecule has 0 aliphatic carbocycles. The van der Waals surface area contributed by atoms with Crippen LogP contribution in [0.1, 0.15) is 23.6 Å². The highest BCUT2D eigenvalue weighted by Gasteiger charge is 2.25. The standard InChI is InChI=1S/C24H22ClN5O/c1-15(26)30-22-11-10-20(31-14-16-2-8-19(27)9-3-16)12-21(22)24(29-13-23(30)28)17-4-6-18(25)7-5-17/h2-12,26,28H,13-14,27H2,1H3. The molecule has 3 aromatic carbocycles. The molecular weight excluding hydrogens is 410 g/mol. The first kappa shape index (κ1) is 20.6. The molecule has 0 unspecified atom stereocenters. The van der Waals surface area contributed by atoms with E-state index in [4.69, 9.17) is 32.9 Å². The number of ether oxygens (including phenoxy) is 1. The van der Waals surface area contributed by atoms with Gasteiger partial charge in [-0.1, -0.05) is 35.9 Å². The van der Waals surface area contributed by atoms with Gasteiger partial charge in [0.2, 0.25) is 0 Å². The van der Waals surface area contributed by atoms with Crippen LogP contribution < -0.4 is 15.4 Å². The van der Waals surface area contributed by atoms with E-state index in [1.54, 1.807) is 11.8 Å². The summed E-state index contributed by atoms with van der Waals surface area (Å²) >= 11 is 6.07. The number of aliphatic imine (C=N–C) groups is 1. The number of hydrogen-bond acceptors (Lipinski definition) is 5. The zero-order valence-corrected chi connectivity index (χ0v) is 17.8. The lowest BCUT2D eigenvalue weighted by Crippen LogP contribution is -2.35. The molecule has 7 heteroatoms. The molecular formula is C24H22ClN5O. The minimum absolute atomic E-state index is 0.171. The minimum Gasteiger partial charge on any atom is -0.489 e. The average molecular weight is 432 g/mol. The molecule has 4 N–H and O–H groups in total. The number of nitrogens with two attached hydrogens (primary N) is 1. The molecule has 1 aliphatic heterocycles. The van der Waals surface area contributed by atoms with Crippen molar-refractivity contribution in [2.45, 2.75) is 13.5 Å². The molecule has 6 nitrogen and oxygen atoms in total. The van der Waals surface area contributed by atoms with Crippen molar-refractivity contribution in [3.8, 4) is 5.75 Å². The van der Waals surface area contributed by atoms with Crippen LogP contribution >= 0.6 is 11.6 Å². The van der Waals surface area contributed by atoms with Gasteiger partial charge in [-0.25, -0.2) is 0 Å². The second kappa shape index (κ2) is 8.62. The van der Waals surface area contributed by atoms with Gasteiger partial charge in [0.1, 0.15) is 24.0 Å². The molecule has 0 bridgehead atoms. The number of anilines is 2. The molecule has 0 aromatic heterocycles. The largest absolute Gasteiger partial charge is 0.489 e. The Morgan fingerprint density at radius 2 is 1.81 bits per heavy atom.